The number of nitrogens with zero attached hydrogens (tertiary/aromatic N) is 1. The van der Waals surface area contributed by atoms with E-state index >= 15 is 0 Å². The van der Waals surface area contributed by atoms with Crippen molar-refractivity contribution in [3.05, 3.63) is 48.4 Å². The average Bonchev–Trinajstić information content (AvgIpc) is 3.17. The van der Waals surface area contributed by atoms with Crippen molar-refractivity contribution in [1.29, 1.82) is 0 Å². The van der Waals surface area contributed by atoms with Crippen LogP contribution in [0.3, 0.4) is 0 Å². The molecule has 140 valence electrons. The minimum Gasteiger partial charge on any atom is -0.494 e. The van der Waals surface area contributed by atoms with Crippen molar-refractivity contribution in [3.8, 4) is 5.75 Å². The quantitative estimate of drug-likeness (QED) is 0.833. The molecule has 1 aromatic carbocycles. The number of carbonyl (C=O) groups excluding carboxylic acids is 1. The lowest BCUT2D eigenvalue weighted by molar-refractivity contribution is 0.0679. The van der Waals surface area contributed by atoms with Crippen molar-refractivity contribution < 1.29 is 22.4 Å². The molecule has 0 atom stereocenters. The Bertz CT molecular complexity index is 823. The first-order valence-corrected chi connectivity index (χ1v) is 10.1. The maximum atomic E-state index is 12.5. The number of furan rings is 1. The van der Waals surface area contributed by atoms with Gasteiger partial charge < -0.3 is 14.1 Å². The van der Waals surface area contributed by atoms with Gasteiger partial charge in [0.2, 0.25) is 10.0 Å². The van der Waals surface area contributed by atoms with E-state index in [1.807, 2.05) is 6.92 Å². The third-order valence-corrected chi connectivity index (χ3v) is 5.82. The normalized spacial score (nSPS) is 15.8. The molecule has 8 heteroatoms. The fourth-order valence-corrected chi connectivity index (χ4v) is 4.23. The molecule has 0 bridgehead atoms. The van der Waals surface area contributed by atoms with Gasteiger partial charge in [-0.15, -0.1) is 0 Å². The van der Waals surface area contributed by atoms with Gasteiger partial charge in [0.1, 0.15) is 5.75 Å². The second-order valence-corrected chi connectivity index (χ2v) is 7.78. The Balaban J connectivity index is 1.57. The van der Waals surface area contributed by atoms with Crippen LogP contribution in [-0.2, 0) is 10.0 Å². The molecule has 1 amide bonds. The van der Waals surface area contributed by atoms with Gasteiger partial charge in [0.05, 0.1) is 17.8 Å². The molecule has 26 heavy (non-hydrogen) atoms. The number of benzene rings is 1. The van der Waals surface area contributed by atoms with Crippen molar-refractivity contribution in [1.82, 2.24) is 9.62 Å². The largest absolute Gasteiger partial charge is 0.494 e. The molecule has 3 rings (SSSR count). The van der Waals surface area contributed by atoms with Crippen LogP contribution in [0.5, 0.6) is 5.75 Å². The molecular weight excluding hydrogens is 356 g/mol. The van der Waals surface area contributed by atoms with Crippen LogP contribution in [0.15, 0.2) is 52.0 Å². The number of rotatable bonds is 6. The van der Waals surface area contributed by atoms with Gasteiger partial charge in [0, 0.05) is 19.1 Å². The lowest BCUT2D eigenvalue weighted by Gasteiger charge is -2.31. The van der Waals surface area contributed by atoms with Crippen LogP contribution in [0.4, 0.5) is 0 Å². The zero-order valence-electron chi connectivity index (χ0n) is 14.6. The van der Waals surface area contributed by atoms with Gasteiger partial charge in [-0.2, -0.15) is 0 Å². The van der Waals surface area contributed by atoms with Crippen molar-refractivity contribution in [3.63, 3.8) is 0 Å². The van der Waals surface area contributed by atoms with Crippen molar-refractivity contribution in [2.45, 2.75) is 30.7 Å². The van der Waals surface area contributed by atoms with Crippen molar-refractivity contribution >= 4 is 15.9 Å². The summed E-state index contributed by atoms with van der Waals surface area (Å²) in [6, 6.07) is 9.44. The summed E-state index contributed by atoms with van der Waals surface area (Å²) in [5.41, 5.74) is 0. The third kappa shape index (κ3) is 4.25. The highest BCUT2D eigenvalue weighted by atomic mass is 32.2. The average molecular weight is 378 g/mol. The van der Waals surface area contributed by atoms with E-state index < -0.39 is 10.0 Å². The number of piperidine rings is 1. The second kappa shape index (κ2) is 7.92. The number of amides is 1. The molecular formula is C18H22N2O5S. The topological polar surface area (TPSA) is 88.9 Å². The second-order valence-electron chi connectivity index (χ2n) is 6.07. The molecule has 0 saturated carbocycles. The summed E-state index contributed by atoms with van der Waals surface area (Å²) < 4.78 is 38.2. The van der Waals surface area contributed by atoms with E-state index in [0.717, 1.165) is 0 Å². The molecule has 7 nitrogen and oxygen atoms in total. The number of hydrogen-bond acceptors (Lipinski definition) is 5. The van der Waals surface area contributed by atoms with E-state index in [2.05, 4.69) is 4.72 Å². The Morgan fingerprint density at radius 3 is 2.50 bits per heavy atom. The van der Waals surface area contributed by atoms with Crippen LogP contribution in [0.2, 0.25) is 0 Å². The Kier molecular flexibility index (Phi) is 5.63. The summed E-state index contributed by atoms with van der Waals surface area (Å²) in [6.07, 6.45) is 2.58. The molecule has 0 radical (unpaired) electrons. The maximum absolute atomic E-state index is 12.5. The number of ether oxygens (including phenoxy) is 1. The number of likely N-dealkylation sites (tertiary alicyclic amines) is 1. The monoisotopic (exact) mass is 378 g/mol. The maximum Gasteiger partial charge on any atom is 0.289 e. The van der Waals surface area contributed by atoms with E-state index in [9.17, 15) is 13.2 Å². The summed E-state index contributed by atoms with van der Waals surface area (Å²) in [4.78, 5) is 14.1. The molecule has 1 aromatic heterocycles. The standard InChI is InChI=1S/C18H22N2O5S/c1-2-24-15-5-7-16(8-6-15)26(22,23)19-14-9-11-20(12-10-14)18(21)17-4-3-13-25-17/h3-8,13-14,19H,2,9-12H2,1H3. The minimum absolute atomic E-state index is 0.164. The zero-order valence-corrected chi connectivity index (χ0v) is 15.4. The van der Waals surface area contributed by atoms with Gasteiger partial charge in [0.25, 0.3) is 5.91 Å². The van der Waals surface area contributed by atoms with E-state index in [1.165, 1.54) is 18.4 Å². The van der Waals surface area contributed by atoms with E-state index in [-0.39, 0.29) is 16.8 Å². The molecule has 1 saturated heterocycles. The molecule has 1 aliphatic rings. The predicted molar refractivity (Wildman–Crippen MR) is 95.6 cm³/mol. The highest BCUT2D eigenvalue weighted by Crippen LogP contribution is 2.19. The van der Waals surface area contributed by atoms with Gasteiger partial charge in [-0.05, 0) is 56.2 Å². The smallest absolute Gasteiger partial charge is 0.289 e. The summed E-state index contributed by atoms with van der Waals surface area (Å²) in [5.74, 6) is 0.775. The molecule has 0 unspecified atom stereocenters. The van der Waals surface area contributed by atoms with Gasteiger partial charge in [-0.3, -0.25) is 4.79 Å². The zero-order chi connectivity index (χ0) is 18.6. The van der Waals surface area contributed by atoms with Crippen molar-refractivity contribution in [2.24, 2.45) is 0 Å². The van der Waals surface area contributed by atoms with Gasteiger partial charge in [-0.1, -0.05) is 0 Å². The highest BCUT2D eigenvalue weighted by molar-refractivity contribution is 7.89. The predicted octanol–water partition coefficient (Wildman–Crippen LogP) is 2.26. The highest BCUT2D eigenvalue weighted by Gasteiger charge is 2.28. The van der Waals surface area contributed by atoms with Crippen LogP contribution >= 0.6 is 0 Å². The van der Waals surface area contributed by atoms with Crippen LogP contribution in [0.25, 0.3) is 0 Å². The van der Waals surface area contributed by atoms with Crippen LogP contribution in [-0.4, -0.2) is 45.0 Å². The Morgan fingerprint density at radius 2 is 1.92 bits per heavy atom. The third-order valence-electron chi connectivity index (χ3n) is 4.28. The van der Waals surface area contributed by atoms with Crippen LogP contribution in [0, 0.1) is 0 Å². The summed E-state index contributed by atoms with van der Waals surface area (Å²) in [7, 11) is -3.60. The number of hydrogen-bond donors (Lipinski definition) is 1. The summed E-state index contributed by atoms with van der Waals surface area (Å²) in [5, 5.41) is 0. The van der Waals surface area contributed by atoms with Gasteiger partial charge in [-0.25, -0.2) is 13.1 Å². The van der Waals surface area contributed by atoms with Crippen LogP contribution in [0.1, 0.15) is 30.3 Å². The first kappa shape index (κ1) is 18.5. The number of nitrogens with one attached hydrogen (secondary N) is 1. The summed E-state index contributed by atoms with van der Waals surface area (Å²) >= 11 is 0. The molecule has 1 aliphatic heterocycles. The Morgan fingerprint density at radius 1 is 1.23 bits per heavy atom. The SMILES string of the molecule is CCOc1ccc(S(=O)(=O)NC2CCN(C(=O)c3ccco3)CC2)cc1. The van der Waals surface area contributed by atoms with Crippen molar-refractivity contribution in [2.75, 3.05) is 19.7 Å². The first-order chi connectivity index (χ1) is 12.5. The lowest BCUT2D eigenvalue weighted by Crippen LogP contribution is -2.46. The molecule has 2 aromatic rings. The van der Waals surface area contributed by atoms with Crippen LogP contribution < -0.4 is 9.46 Å². The molecule has 0 spiro atoms. The fraction of sp³-hybridized carbons (Fsp3) is 0.389. The summed E-state index contributed by atoms with van der Waals surface area (Å²) in [6.45, 7) is 3.36. The lowest BCUT2D eigenvalue weighted by atomic mass is 10.1. The van der Waals surface area contributed by atoms with E-state index in [1.54, 1.807) is 29.2 Å². The van der Waals surface area contributed by atoms with Gasteiger partial charge in [0.15, 0.2) is 5.76 Å². The Labute approximate surface area is 153 Å². The molecule has 0 aliphatic carbocycles. The Hall–Kier alpha value is -2.32. The number of carbonyl (C=O) groups is 1. The van der Waals surface area contributed by atoms with Gasteiger partial charge >= 0.3 is 0 Å². The van der Waals surface area contributed by atoms with E-state index in [4.69, 9.17) is 9.15 Å². The molecule has 1 fully saturated rings. The first-order valence-electron chi connectivity index (χ1n) is 8.57. The van der Waals surface area contributed by atoms with E-state index in [0.29, 0.717) is 44.0 Å². The minimum atomic E-state index is -3.60. The molecule has 2 heterocycles. The number of sulfonamides is 1. The molecule has 1 N–H and O–H groups in total. The fourth-order valence-electron chi connectivity index (χ4n) is 2.93.